The molecule has 1 aromatic heterocycles. The first-order valence-electron chi connectivity index (χ1n) is 12.1. The molecule has 36 heavy (non-hydrogen) atoms. The van der Waals surface area contributed by atoms with Gasteiger partial charge in [-0.3, -0.25) is 14.5 Å². The van der Waals surface area contributed by atoms with Crippen molar-refractivity contribution in [2.75, 3.05) is 6.54 Å². The lowest BCUT2D eigenvalue weighted by Crippen LogP contribution is -2.54. The fourth-order valence-electron chi connectivity index (χ4n) is 4.74. The van der Waals surface area contributed by atoms with Crippen molar-refractivity contribution in [2.24, 2.45) is 5.73 Å². The van der Waals surface area contributed by atoms with Crippen molar-refractivity contribution in [2.45, 2.75) is 31.6 Å². The van der Waals surface area contributed by atoms with E-state index in [1.807, 2.05) is 77.7 Å². The summed E-state index contributed by atoms with van der Waals surface area (Å²) in [5, 5.41) is 2.97. The molecule has 4 aromatic rings. The maximum absolute atomic E-state index is 13.2. The molecule has 0 radical (unpaired) electrons. The van der Waals surface area contributed by atoms with Crippen LogP contribution in [0.1, 0.15) is 27.2 Å². The number of fused-ring (bicyclic) bond motifs is 1. The average molecular weight is 480 g/mol. The van der Waals surface area contributed by atoms with Crippen LogP contribution in [0, 0.1) is 0 Å². The van der Waals surface area contributed by atoms with Gasteiger partial charge in [0, 0.05) is 18.7 Å². The summed E-state index contributed by atoms with van der Waals surface area (Å²) >= 11 is 0. The van der Waals surface area contributed by atoms with E-state index < -0.39 is 12.1 Å². The van der Waals surface area contributed by atoms with E-state index in [9.17, 15) is 9.59 Å². The SMILES string of the molecule is NC(CN1Cc2ccccc2CC1C(=O)NCc1ccco1)C(=O)c1ccc(-c2ccccc2)cc1. The molecule has 0 spiro atoms. The largest absolute Gasteiger partial charge is 0.467 e. The van der Waals surface area contributed by atoms with Crippen LogP contribution in [0.3, 0.4) is 0 Å². The van der Waals surface area contributed by atoms with Gasteiger partial charge in [-0.15, -0.1) is 0 Å². The predicted molar refractivity (Wildman–Crippen MR) is 139 cm³/mol. The van der Waals surface area contributed by atoms with Crippen molar-refractivity contribution >= 4 is 11.7 Å². The number of Topliss-reactive ketones (excluding diaryl/α,β-unsaturated/α-hetero) is 1. The number of carbonyl (C=O) groups excluding carboxylic acids is 2. The standard InChI is InChI=1S/C30H29N3O3/c31-27(29(34)23-14-12-22(13-15-23)21-7-2-1-3-8-21)20-33-19-25-10-5-4-9-24(25)17-28(33)30(35)32-18-26-11-6-16-36-26/h1-16,27-28H,17-20,31H2,(H,32,35). The number of nitrogens with one attached hydrogen (secondary N) is 1. The van der Waals surface area contributed by atoms with Crippen molar-refractivity contribution in [3.05, 3.63) is 120 Å². The maximum atomic E-state index is 13.2. The highest BCUT2D eigenvalue weighted by Crippen LogP contribution is 2.25. The van der Waals surface area contributed by atoms with Crippen LogP contribution in [0.5, 0.6) is 0 Å². The summed E-state index contributed by atoms with van der Waals surface area (Å²) in [6.07, 6.45) is 2.15. The number of hydrogen-bond donors (Lipinski definition) is 2. The molecule has 0 bridgehead atoms. The Hall–Kier alpha value is -4.00. The van der Waals surface area contributed by atoms with Gasteiger partial charge in [-0.2, -0.15) is 0 Å². The number of amides is 1. The van der Waals surface area contributed by atoms with Gasteiger partial charge >= 0.3 is 0 Å². The summed E-state index contributed by atoms with van der Waals surface area (Å²) in [6, 6.07) is 28.1. The van der Waals surface area contributed by atoms with E-state index in [0.717, 1.165) is 22.3 Å². The lowest BCUT2D eigenvalue weighted by Gasteiger charge is -2.37. The number of rotatable bonds is 8. The fraction of sp³-hybridized carbons (Fsp3) is 0.200. The van der Waals surface area contributed by atoms with Crippen LogP contribution < -0.4 is 11.1 Å². The fourth-order valence-corrected chi connectivity index (χ4v) is 4.74. The Balaban J connectivity index is 1.29. The molecule has 2 heterocycles. The zero-order chi connectivity index (χ0) is 24.9. The summed E-state index contributed by atoms with van der Waals surface area (Å²) < 4.78 is 5.34. The first kappa shape index (κ1) is 23.7. The smallest absolute Gasteiger partial charge is 0.238 e. The van der Waals surface area contributed by atoms with Crippen molar-refractivity contribution in [3.63, 3.8) is 0 Å². The third kappa shape index (κ3) is 5.30. The number of benzene rings is 3. The quantitative estimate of drug-likeness (QED) is 0.370. The van der Waals surface area contributed by atoms with Crippen molar-refractivity contribution in [3.8, 4) is 11.1 Å². The molecule has 0 aliphatic carbocycles. The van der Waals surface area contributed by atoms with Crippen molar-refractivity contribution in [1.29, 1.82) is 0 Å². The molecule has 1 aliphatic heterocycles. The minimum atomic E-state index is -0.752. The lowest BCUT2D eigenvalue weighted by molar-refractivity contribution is -0.127. The molecule has 182 valence electrons. The maximum Gasteiger partial charge on any atom is 0.238 e. The molecule has 2 atom stereocenters. The zero-order valence-electron chi connectivity index (χ0n) is 20.0. The van der Waals surface area contributed by atoms with Gasteiger partial charge in [0.05, 0.1) is 24.9 Å². The second kappa shape index (κ2) is 10.7. The van der Waals surface area contributed by atoms with Gasteiger partial charge < -0.3 is 15.5 Å². The third-order valence-electron chi connectivity index (χ3n) is 6.71. The second-order valence-electron chi connectivity index (χ2n) is 9.13. The molecule has 6 nitrogen and oxygen atoms in total. The summed E-state index contributed by atoms with van der Waals surface area (Å²) in [6.45, 7) is 1.16. The molecule has 3 aromatic carbocycles. The first-order chi connectivity index (χ1) is 17.6. The molecule has 5 rings (SSSR count). The Labute approximate surface area is 210 Å². The van der Waals surface area contributed by atoms with E-state index in [1.54, 1.807) is 12.3 Å². The van der Waals surface area contributed by atoms with E-state index in [1.165, 1.54) is 0 Å². The Morgan fingerprint density at radius 2 is 1.58 bits per heavy atom. The molecule has 0 saturated heterocycles. The highest BCUT2D eigenvalue weighted by atomic mass is 16.3. The molecule has 0 saturated carbocycles. The summed E-state index contributed by atoms with van der Waals surface area (Å²) in [7, 11) is 0. The normalized spacial score (nSPS) is 16.2. The van der Waals surface area contributed by atoms with Crippen LogP contribution in [-0.4, -0.2) is 35.2 Å². The summed E-state index contributed by atoms with van der Waals surface area (Å²) in [5.41, 5.74) is 11.4. The Morgan fingerprint density at radius 3 is 2.31 bits per heavy atom. The van der Waals surface area contributed by atoms with Gasteiger partial charge in [0.1, 0.15) is 5.76 Å². The van der Waals surface area contributed by atoms with Crippen LogP contribution >= 0.6 is 0 Å². The Bertz CT molecular complexity index is 1320. The van der Waals surface area contributed by atoms with Crippen LogP contribution in [0.25, 0.3) is 11.1 Å². The van der Waals surface area contributed by atoms with E-state index in [0.29, 0.717) is 30.8 Å². The van der Waals surface area contributed by atoms with Gasteiger partial charge in [0.25, 0.3) is 0 Å². The number of ketones is 1. The molecule has 3 N–H and O–H groups in total. The highest BCUT2D eigenvalue weighted by molar-refractivity contribution is 6.00. The zero-order valence-corrected chi connectivity index (χ0v) is 20.0. The Kier molecular flexibility index (Phi) is 7.07. The van der Waals surface area contributed by atoms with Gasteiger partial charge in [-0.05, 0) is 40.8 Å². The number of furan rings is 1. The molecular formula is C30H29N3O3. The predicted octanol–water partition coefficient (Wildman–Crippen LogP) is 4.20. The van der Waals surface area contributed by atoms with E-state index in [-0.39, 0.29) is 18.2 Å². The van der Waals surface area contributed by atoms with E-state index >= 15 is 0 Å². The number of nitrogens with zero attached hydrogens (tertiary/aromatic N) is 1. The first-order valence-corrected chi connectivity index (χ1v) is 12.1. The monoisotopic (exact) mass is 479 g/mol. The molecule has 6 heteroatoms. The second-order valence-corrected chi connectivity index (χ2v) is 9.13. The van der Waals surface area contributed by atoms with E-state index in [4.69, 9.17) is 10.2 Å². The third-order valence-corrected chi connectivity index (χ3v) is 6.71. The van der Waals surface area contributed by atoms with Gasteiger partial charge in [-0.1, -0.05) is 78.9 Å². The number of nitrogens with two attached hydrogens (primary N) is 1. The minimum Gasteiger partial charge on any atom is -0.467 e. The van der Waals surface area contributed by atoms with Crippen LogP contribution in [0.2, 0.25) is 0 Å². The minimum absolute atomic E-state index is 0.104. The Morgan fingerprint density at radius 1 is 0.889 bits per heavy atom. The molecule has 2 unspecified atom stereocenters. The summed E-state index contributed by atoms with van der Waals surface area (Å²) in [4.78, 5) is 28.4. The summed E-state index contributed by atoms with van der Waals surface area (Å²) in [5.74, 6) is 0.452. The van der Waals surface area contributed by atoms with Gasteiger partial charge in [-0.25, -0.2) is 0 Å². The molecular weight excluding hydrogens is 450 g/mol. The van der Waals surface area contributed by atoms with Crippen LogP contribution in [0.4, 0.5) is 0 Å². The number of carbonyl (C=O) groups is 2. The number of hydrogen-bond acceptors (Lipinski definition) is 5. The van der Waals surface area contributed by atoms with Crippen molar-refractivity contribution < 1.29 is 14.0 Å². The average Bonchev–Trinajstić information content (AvgIpc) is 3.45. The van der Waals surface area contributed by atoms with Crippen LogP contribution in [0.15, 0.2) is 102 Å². The molecule has 1 amide bonds. The van der Waals surface area contributed by atoms with Crippen LogP contribution in [-0.2, 0) is 24.3 Å². The molecule has 1 aliphatic rings. The van der Waals surface area contributed by atoms with Crippen molar-refractivity contribution in [1.82, 2.24) is 10.2 Å². The van der Waals surface area contributed by atoms with Gasteiger partial charge in [0.2, 0.25) is 5.91 Å². The van der Waals surface area contributed by atoms with Gasteiger partial charge in [0.15, 0.2) is 5.78 Å². The molecule has 0 fully saturated rings. The lowest BCUT2D eigenvalue weighted by atomic mass is 9.92. The topological polar surface area (TPSA) is 88.6 Å². The highest BCUT2D eigenvalue weighted by Gasteiger charge is 2.33. The van der Waals surface area contributed by atoms with E-state index in [2.05, 4.69) is 17.4 Å².